The summed E-state index contributed by atoms with van der Waals surface area (Å²) in [7, 11) is 3.32. The maximum Gasteiger partial charge on any atom is 0.418 e. The zero-order chi connectivity index (χ0) is 13.1. The van der Waals surface area contributed by atoms with E-state index in [9.17, 15) is 18.0 Å². The molecule has 0 unspecified atom stereocenters. The van der Waals surface area contributed by atoms with Gasteiger partial charge in [0.15, 0.2) is 0 Å². The average molecular weight is 244 g/mol. The number of aromatic nitrogens is 1. The van der Waals surface area contributed by atoms with Crippen molar-refractivity contribution in [2.45, 2.75) is 6.18 Å². The molecule has 1 aromatic heterocycles. The van der Waals surface area contributed by atoms with Crippen molar-refractivity contribution >= 4 is 5.78 Å². The van der Waals surface area contributed by atoms with Crippen LogP contribution in [0, 0.1) is 0 Å². The lowest BCUT2D eigenvalue weighted by molar-refractivity contribution is -0.138. The van der Waals surface area contributed by atoms with E-state index in [1.54, 1.807) is 19.0 Å². The zero-order valence-electron chi connectivity index (χ0n) is 9.32. The molecule has 0 fully saturated rings. The second-order valence-electron chi connectivity index (χ2n) is 3.54. The number of pyridine rings is 1. The number of carbonyl (C=O) groups is 1. The highest BCUT2D eigenvalue weighted by Crippen LogP contribution is 2.31. The molecular formula is C11H11F3N2O. The number of hydrogen-bond acceptors (Lipinski definition) is 3. The first-order chi connectivity index (χ1) is 7.82. The van der Waals surface area contributed by atoms with E-state index in [2.05, 4.69) is 4.98 Å². The molecule has 1 aromatic rings. The Morgan fingerprint density at radius 3 is 2.59 bits per heavy atom. The quantitative estimate of drug-likeness (QED) is 0.604. The summed E-state index contributed by atoms with van der Waals surface area (Å²) in [6.07, 6.45) is -0.994. The van der Waals surface area contributed by atoms with Crippen LogP contribution in [-0.2, 0) is 6.18 Å². The predicted molar refractivity (Wildman–Crippen MR) is 56.4 cm³/mol. The summed E-state index contributed by atoms with van der Waals surface area (Å²) >= 11 is 0. The molecule has 0 radical (unpaired) electrons. The van der Waals surface area contributed by atoms with Crippen LogP contribution in [0.4, 0.5) is 13.2 Å². The molecule has 0 spiro atoms. The van der Waals surface area contributed by atoms with E-state index in [0.717, 1.165) is 24.4 Å². The fraction of sp³-hybridized carbons (Fsp3) is 0.273. The van der Waals surface area contributed by atoms with Crippen LogP contribution in [0.3, 0.4) is 0 Å². The minimum Gasteiger partial charge on any atom is -0.383 e. The van der Waals surface area contributed by atoms with Gasteiger partial charge < -0.3 is 4.90 Å². The molecule has 17 heavy (non-hydrogen) atoms. The van der Waals surface area contributed by atoms with Crippen LogP contribution in [-0.4, -0.2) is 29.8 Å². The molecular weight excluding hydrogens is 233 g/mol. The molecule has 92 valence electrons. The van der Waals surface area contributed by atoms with Crippen molar-refractivity contribution in [2.24, 2.45) is 0 Å². The monoisotopic (exact) mass is 244 g/mol. The van der Waals surface area contributed by atoms with Crippen LogP contribution in [0.5, 0.6) is 0 Å². The molecule has 0 aliphatic carbocycles. The Morgan fingerprint density at radius 2 is 2.06 bits per heavy atom. The van der Waals surface area contributed by atoms with Crippen molar-refractivity contribution < 1.29 is 18.0 Å². The highest BCUT2D eigenvalue weighted by molar-refractivity contribution is 6.04. The highest BCUT2D eigenvalue weighted by atomic mass is 19.4. The van der Waals surface area contributed by atoms with Crippen molar-refractivity contribution in [1.29, 1.82) is 0 Å². The molecule has 0 aliphatic heterocycles. The van der Waals surface area contributed by atoms with Crippen LogP contribution in [0.15, 0.2) is 30.6 Å². The number of carbonyl (C=O) groups excluding carboxylic acids is 1. The van der Waals surface area contributed by atoms with E-state index >= 15 is 0 Å². The Kier molecular flexibility index (Phi) is 3.88. The lowest BCUT2D eigenvalue weighted by Crippen LogP contribution is -2.14. The summed E-state index contributed by atoms with van der Waals surface area (Å²) in [6, 6.07) is 1.99. The molecule has 0 aromatic carbocycles. The lowest BCUT2D eigenvalue weighted by atomic mass is 10.1. The fourth-order valence-corrected chi connectivity index (χ4v) is 1.13. The summed E-state index contributed by atoms with van der Waals surface area (Å²) in [5, 5.41) is 0. The molecule has 0 saturated carbocycles. The third-order valence-electron chi connectivity index (χ3n) is 1.87. The molecule has 0 amide bonds. The Hall–Kier alpha value is -1.85. The zero-order valence-corrected chi connectivity index (χ0v) is 9.32. The maximum absolute atomic E-state index is 12.6. The van der Waals surface area contributed by atoms with Crippen molar-refractivity contribution in [3.05, 3.63) is 41.9 Å². The molecule has 0 saturated heterocycles. The number of halogens is 3. The van der Waals surface area contributed by atoms with E-state index in [-0.39, 0.29) is 0 Å². The van der Waals surface area contributed by atoms with Gasteiger partial charge in [0.05, 0.1) is 5.56 Å². The lowest BCUT2D eigenvalue weighted by Gasteiger charge is -2.09. The van der Waals surface area contributed by atoms with Gasteiger partial charge in [0.25, 0.3) is 0 Å². The van der Waals surface area contributed by atoms with Gasteiger partial charge in [-0.3, -0.25) is 9.78 Å². The second kappa shape index (κ2) is 4.99. The van der Waals surface area contributed by atoms with Gasteiger partial charge in [0, 0.05) is 32.6 Å². The number of nitrogens with zero attached hydrogens (tertiary/aromatic N) is 2. The van der Waals surface area contributed by atoms with Gasteiger partial charge in [-0.1, -0.05) is 0 Å². The molecule has 0 atom stereocenters. The molecule has 1 rings (SSSR count). The van der Waals surface area contributed by atoms with Crippen LogP contribution < -0.4 is 0 Å². The number of rotatable bonds is 3. The largest absolute Gasteiger partial charge is 0.418 e. The first-order valence-electron chi connectivity index (χ1n) is 4.73. The number of hydrogen-bond donors (Lipinski definition) is 0. The van der Waals surface area contributed by atoms with E-state index in [0.29, 0.717) is 0 Å². The third-order valence-corrected chi connectivity index (χ3v) is 1.87. The van der Waals surface area contributed by atoms with Gasteiger partial charge in [-0.15, -0.1) is 0 Å². The van der Waals surface area contributed by atoms with Gasteiger partial charge in [0.1, 0.15) is 5.69 Å². The molecule has 3 nitrogen and oxygen atoms in total. The highest BCUT2D eigenvalue weighted by Gasteiger charge is 2.35. The summed E-state index contributed by atoms with van der Waals surface area (Å²) in [5.41, 5.74) is -1.61. The smallest absolute Gasteiger partial charge is 0.383 e. The topological polar surface area (TPSA) is 33.2 Å². The van der Waals surface area contributed by atoms with Crippen molar-refractivity contribution in [3.63, 3.8) is 0 Å². The normalized spacial score (nSPS) is 11.8. The summed E-state index contributed by atoms with van der Waals surface area (Å²) in [4.78, 5) is 16.6. The Balaban J connectivity index is 3.10. The summed E-state index contributed by atoms with van der Waals surface area (Å²) in [6.45, 7) is 0. The summed E-state index contributed by atoms with van der Waals surface area (Å²) in [5.74, 6) is -0.772. The molecule has 6 heteroatoms. The van der Waals surface area contributed by atoms with Gasteiger partial charge in [-0.05, 0) is 12.1 Å². The maximum atomic E-state index is 12.6. The van der Waals surface area contributed by atoms with E-state index < -0.39 is 23.2 Å². The van der Waals surface area contributed by atoms with Crippen molar-refractivity contribution in [1.82, 2.24) is 9.88 Å². The molecule has 0 aliphatic rings. The van der Waals surface area contributed by atoms with Crippen molar-refractivity contribution in [3.8, 4) is 0 Å². The van der Waals surface area contributed by atoms with Gasteiger partial charge in [-0.2, -0.15) is 13.2 Å². The van der Waals surface area contributed by atoms with E-state index in [1.165, 1.54) is 6.20 Å². The average Bonchev–Trinajstić information content (AvgIpc) is 2.24. The second-order valence-corrected chi connectivity index (χ2v) is 3.54. The van der Waals surface area contributed by atoms with Crippen LogP contribution in [0.25, 0.3) is 0 Å². The number of alkyl halides is 3. The van der Waals surface area contributed by atoms with Crippen LogP contribution >= 0.6 is 0 Å². The Labute approximate surface area is 96.6 Å². The SMILES string of the molecule is CN(C)C=CC(=O)c1ncccc1C(F)(F)F. The first kappa shape index (κ1) is 13.2. The van der Waals surface area contributed by atoms with Gasteiger partial charge in [-0.25, -0.2) is 0 Å². The Morgan fingerprint density at radius 1 is 1.41 bits per heavy atom. The predicted octanol–water partition coefficient (Wildman–Crippen LogP) is 2.36. The minimum atomic E-state index is -4.58. The van der Waals surface area contributed by atoms with Gasteiger partial charge in [0.2, 0.25) is 5.78 Å². The molecule has 1 heterocycles. The van der Waals surface area contributed by atoms with Crippen LogP contribution in [0.1, 0.15) is 16.1 Å². The number of allylic oxidation sites excluding steroid dienone is 1. The van der Waals surface area contributed by atoms with Crippen molar-refractivity contribution in [2.75, 3.05) is 14.1 Å². The Bertz CT molecular complexity index is 439. The number of ketones is 1. The first-order valence-corrected chi connectivity index (χ1v) is 4.73. The van der Waals surface area contributed by atoms with Gasteiger partial charge >= 0.3 is 6.18 Å². The standard InChI is InChI=1S/C11H11F3N2O/c1-16(2)7-5-9(17)10-8(11(12,13)14)4-3-6-15-10/h3-7H,1-2H3. The fourth-order valence-electron chi connectivity index (χ4n) is 1.13. The third kappa shape index (κ3) is 3.58. The molecule has 0 bridgehead atoms. The molecule has 0 N–H and O–H groups in total. The van der Waals surface area contributed by atoms with E-state index in [1.807, 2.05) is 0 Å². The van der Waals surface area contributed by atoms with E-state index in [4.69, 9.17) is 0 Å². The van der Waals surface area contributed by atoms with Crippen LogP contribution in [0.2, 0.25) is 0 Å². The summed E-state index contributed by atoms with van der Waals surface area (Å²) < 4.78 is 37.7. The minimum absolute atomic E-state index is 0.585.